The van der Waals surface area contributed by atoms with E-state index in [-0.39, 0.29) is 5.92 Å². The Balaban J connectivity index is 2.00. The number of carbonyl (C=O) groups is 1. The summed E-state index contributed by atoms with van der Waals surface area (Å²) in [6, 6.07) is 10.4. The number of carbonyl (C=O) groups excluding carboxylic acids is 1. The first-order valence-electron chi connectivity index (χ1n) is 13.2. The van der Waals surface area contributed by atoms with Crippen molar-refractivity contribution in [3.8, 4) is 5.69 Å². The fourth-order valence-electron chi connectivity index (χ4n) is 4.90. The highest BCUT2D eigenvalue weighted by Crippen LogP contribution is 2.30. The third kappa shape index (κ3) is 6.41. The van der Waals surface area contributed by atoms with E-state index >= 15 is 0 Å². The lowest BCUT2D eigenvalue weighted by atomic mass is 9.97. The second kappa shape index (κ2) is 12.4. The molecule has 1 saturated heterocycles. The van der Waals surface area contributed by atoms with E-state index in [0.29, 0.717) is 18.4 Å². The second-order valence-electron chi connectivity index (χ2n) is 10.3. The molecule has 0 aliphatic carbocycles. The van der Waals surface area contributed by atoms with Crippen LogP contribution in [0.1, 0.15) is 64.6 Å². The molecule has 1 aliphatic rings. The highest BCUT2D eigenvalue weighted by atomic mass is 16.2. The predicted octanol–water partition coefficient (Wildman–Crippen LogP) is 5.13. The number of aryl methyl sites for hydroxylation is 1. The predicted molar refractivity (Wildman–Crippen MR) is 142 cm³/mol. The van der Waals surface area contributed by atoms with Crippen LogP contribution in [0.5, 0.6) is 0 Å². The number of amides is 1. The molecule has 1 amide bonds. The lowest BCUT2D eigenvalue weighted by molar-refractivity contribution is -0.137. The van der Waals surface area contributed by atoms with Crippen LogP contribution in [-0.4, -0.2) is 65.3 Å². The van der Waals surface area contributed by atoms with Gasteiger partial charge in [-0.2, -0.15) is 5.10 Å². The molecule has 0 N–H and O–H groups in total. The van der Waals surface area contributed by atoms with E-state index in [9.17, 15) is 4.79 Å². The monoisotopic (exact) mass is 467 g/mol. The molecule has 3 rings (SSSR count). The number of anilines is 1. The van der Waals surface area contributed by atoms with E-state index in [4.69, 9.17) is 5.10 Å². The quantitative estimate of drug-likeness (QED) is 0.459. The first-order chi connectivity index (χ1) is 16.3. The standard InChI is InChI=1S/C28H45N5O/c1-7-9-13-24(8-2)28(34)32(20-22(3)4)21-26-23(5)29-33(25-14-11-10-12-15-25)27(26)31-18-16-30(6)17-19-31/h10-12,14-15,22,24H,7-9,13,16-21H2,1-6H3. The summed E-state index contributed by atoms with van der Waals surface area (Å²) < 4.78 is 2.10. The van der Waals surface area contributed by atoms with Crippen molar-refractivity contribution in [2.45, 2.75) is 66.8 Å². The van der Waals surface area contributed by atoms with Crippen LogP contribution in [0.25, 0.3) is 5.69 Å². The summed E-state index contributed by atoms with van der Waals surface area (Å²) in [6.45, 7) is 16.3. The Morgan fingerprint density at radius 3 is 2.35 bits per heavy atom. The maximum atomic E-state index is 13.7. The number of nitrogens with zero attached hydrogens (tertiary/aromatic N) is 5. The summed E-state index contributed by atoms with van der Waals surface area (Å²) in [5, 5.41) is 5.00. The van der Waals surface area contributed by atoms with Gasteiger partial charge in [0.2, 0.25) is 5.91 Å². The van der Waals surface area contributed by atoms with Gasteiger partial charge in [0.15, 0.2) is 0 Å². The molecule has 1 aromatic heterocycles. The molecule has 1 unspecified atom stereocenters. The van der Waals surface area contributed by atoms with E-state index in [1.807, 2.05) is 6.07 Å². The van der Waals surface area contributed by atoms with Gasteiger partial charge >= 0.3 is 0 Å². The number of unbranched alkanes of at least 4 members (excludes halogenated alkanes) is 1. The van der Waals surface area contributed by atoms with E-state index in [1.54, 1.807) is 0 Å². The number of hydrogen-bond acceptors (Lipinski definition) is 4. The van der Waals surface area contributed by atoms with Gasteiger partial charge in [0.25, 0.3) is 0 Å². The summed E-state index contributed by atoms with van der Waals surface area (Å²) in [4.78, 5) is 20.7. The zero-order chi connectivity index (χ0) is 24.7. The van der Waals surface area contributed by atoms with E-state index in [1.165, 1.54) is 5.56 Å². The van der Waals surface area contributed by atoms with Crippen LogP contribution < -0.4 is 4.90 Å². The number of rotatable bonds is 11. The van der Waals surface area contributed by atoms with Gasteiger partial charge in [-0.05, 0) is 44.9 Å². The molecule has 1 fully saturated rings. The van der Waals surface area contributed by atoms with Crippen molar-refractivity contribution in [3.63, 3.8) is 0 Å². The SMILES string of the molecule is CCCCC(CC)C(=O)N(Cc1c(C)nn(-c2ccccc2)c1N1CCN(C)CC1)CC(C)C. The van der Waals surface area contributed by atoms with Crippen molar-refractivity contribution in [1.82, 2.24) is 19.6 Å². The molecule has 0 spiro atoms. The summed E-state index contributed by atoms with van der Waals surface area (Å²) in [5.74, 6) is 1.99. The Hall–Kier alpha value is -2.34. The lowest BCUT2D eigenvalue weighted by Gasteiger charge is -2.35. The molecule has 188 valence electrons. The zero-order valence-electron chi connectivity index (χ0n) is 22.3. The minimum Gasteiger partial charge on any atom is -0.354 e. The number of piperazine rings is 1. The molecule has 1 atom stereocenters. The number of aromatic nitrogens is 2. The number of para-hydroxylation sites is 1. The summed E-state index contributed by atoms with van der Waals surface area (Å²) >= 11 is 0. The van der Waals surface area contributed by atoms with Gasteiger partial charge in [0.1, 0.15) is 5.82 Å². The zero-order valence-corrected chi connectivity index (χ0v) is 22.3. The Labute approximate surface area is 206 Å². The fraction of sp³-hybridized carbons (Fsp3) is 0.643. The minimum atomic E-state index is 0.107. The molecule has 1 aliphatic heterocycles. The Kier molecular flexibility index (Phi) is 9.57. The van der Waals surface area contributed by atoms with Gasteiger partial charge in [0.05, 0.1) is 17.9 Å². The van der Waals surface area contributed by atoms with Gasteiger partial charge in [-0.15, -0.1) is 0 Å². The van der Waals surface area contributed by atoms with Gasteiger partial charge in [0, 0.05) is 44.2 Å². The first kappa shape index (κ1) is 26.3. The van der Waals surface area contributed by atoms with Gasteiger partial charge in [-0.1, -0.05) is 58.7 Å². The van der Waals surface area contributed by atoms with Crippen molar-refractivity contribution in [3.05, 3.63) is 41.6 Å². The van der Waals surface area contributed by atoms with Crippen molar-refractivity contribution in [2.75, 3.05) is 44.7 Å². The summed E-state index contributed by atoms with van der Waals surface area (Å²) in [7, 11) is 2.18. The molecule has 1 aromatic carbocycles. The maximum Gasteiger partial charge on any atom is 0.225 e. The highest BCUT2D eigenvalue weighted by Gasteiger charge is 2.29. The van der Waals surface area contributed by atoms with E-state index in [0.717, 1.165) is 75.6 Å². The number of benzene rings is 1. The molecular formula is C28H45N5O. The van der Waals surface area contributed by atoms with Crippen molar-refractivity contribution in [2.24, 2.45) is 11.8 Å². The van der Waals surface area contributed by atoms with Crippen LogP contribution in [0.2, 0.25) is 0 Å². The third-order valence-corrected chi connectivity index (χ3v) is 6.96. The topological polar surface area (TPSA) is 44.6 Å². The molecule has 0 saturated carbocycles. The summed E-state index contributed by atoms with van der Waals surface area (Å²) in [6.07, 6.45) is 4.12. The van der Waals surface area contributed by atoms with Crippen molar-refractivity contribution in [1.29, 1.82) is 0 Å². The molecule has 6 heteroatoms. The molecule has 6 nitrogen and oxygen atoms in total. The van der Waals surface area contributed by atoms with Gasteiger partial charge < -0.3 is 14.7 Å². The number of likely N-dealkylation sites (N-methyl/N-ethyl adjacent to an activating group) is 1. The normalized spacial score (nSPS) is 15.7. The van der Waals surface area contributed by atoms with Crippen LogP contribution in [0.3, 0.4) is 0 Å². The molecule has 2 aromatic rings. The van der Waals surface area contributed by atoms with Crippen LogP contribution in [0, 0.1) is 18.8 Å². The fourth-order valence-corrected chi connectivity index (χ4v) is 4.90. The van der Waals surface area contributed by atoms with Crippen LogP contribution >= 0.6 is 0 Å². The van der Waals surface area contributed by atoms with Crippen LogP contribution in [0.4, 0.5) is 5.82 Å². The van der Waals surface area contributed by atoms with Crippen molar-refractivity contribution < 1.29 is 4.79 Å². The Bertz CT molecular complexity index is 899. The van der Waals surface area contributed by atoms with Gasteiger partial charge in [-0.25, -0.2) is 4.68 Å². The second-order valence-corrected chi connectivity index (χ2v) is 10.3. The molecule has 0 radical (unpaired) electrons. The minimum absolute atomic E-state index is 0.107. The molecule has 34 heavy (non-hydrogen) atoms. The van der Waals surface area contributed by atoms with Crippen molar-refractivity contribution >= 4 is 11.7 Å². The number of hydrogen-bond donors (Lipinski definition) is 0. The Morgan fingerprint density at radius 2 is 1.76 bits per heavy atom. The highest BCUT2D eigenvalue weighted by molar-refractivity contribution is 5.79. The molecular weight excluding hydrogens is 422 g/mol. The van der Waals surface area contributed by atoms with E-state index < -0.39 is 0 Å². The lowest BCUT2D eigenvalue weighted by Crippen LogP contribution is -2.46. The Morgan fingerprint density at radius 1 is 1.09 bits per heavy atom. The maximum absolute atomic E-state index is 13.7. The third-order valence-electron chi connectivity index (χ3n) is 6.96. The van der Waals surface area contributed by atoms with E-state index in [2.05, 4.69) is 85.3 Å². The van der Waals surface area contributed by atoms with Crippen LogP contribution in [0.15, 0.2) is 30.3 Å². The van der Waals surface area contributed by atoms with Gasteiger partial charge in [-0.3, -0.25) is 4.79 Å². The first-order valence-corrected chi connectivity index (χ1v) is 13.2. The van der Waals surface area contributed by atoms with Crippen LogP contribution in [-0.2, 0) is 11.3 Å². The largest absolute Gasteiger partial charge is 0.354 e. The average molecular weight is 468 g/mol. The smallest absolute Gasteiger partial charge is 0.225 e. The molecule has 2 heterocycles. The molecule has 0 bridgehead atoms. The average Bonchev–Trinajstić information content (AvgIpc) is 3.15. The summed E-state index contributed by atoms with van der Waals surface area (Å²) in [5.41, 5.74) is 3.27.